The number of hydrogen-bond acceptors (Lipinski definition) is 2. The first-order valence-electron chi connectivity index (χ1n) is 8.95. The van der Waals surface area contributed by atoms with Crippen molar-refractivity contribution in [2.75, 3.05) is 13.1 Å². The smallest absolute Gasteiger partial charge is 0.253 e. The summed E-state index contributed by atoms with van der Waals surface area (Å²) in [4.78, 5) is 14.8. The number of rotatable bonds is 3. The molecule has 0 saturated carbocycles. The molecule has 0 unspecified atom stereocenters. The van der Waals surface area contributed by atoms with Crippen LogP contribution in [-0.4, -0.2) is 23.9 Å². The fourth-order valence-electron chi connectivity index (χ4n) is 3.90. The Hall–Kier alpha value is -1.84. The van der Waals surface area contributed by atoms with Crippen molar-refractivity contribution in [3.63, 3.8) is 0 Å². The number of amides is 1. The summed E-state index contributed by atoms with van der Waals surface area (Å²) in [6, 6.07) is 16.9. The Balaban J connectivity index is 0.00000182. The molecule has 1 N–H and O–H groups in total. The van der Waals surface area contributed by atoms with Crippen molar-refractivity contribution >= 4 is 18.3 Å². The minimum atomic E-state index is 0. The van der Waals surface area contributed by atoms with Crippen LogP contribution in [-0.2, 0) is 19.5 Å². The van der Waals surface area contributed by atoms with Gasteiger partial charge in [0.2, 0.25) is 0 Å². The summed E-state index contributed by atoms with van der Waals surface area (Å²) in [5.41, 5.74) is 4.86. The van der Waals surface area contributed by atoms with E-state index in [2.05, 4.69) is 47.8 Å². The van der Waals surface area contributed by atoms with Gasteiger partial charge < -0.3 is 10.2 Å². The van der Waals surface area contributed by atoms with Crippen LogP contribution in [0.5, 0.6) is 0 Å². The lowest BCUT2D eigenvalue weighted by Crippen LogP contribution is -2.39. The molecule has 25 heavy (non-hydrogen) atoms. The van der Waals surface area contributed by atoms with Crippen LogP contribution >= 0.6 is 12.4 Å². The SMILES string of the molecule is Cl.O=C(c1ccc2c(c1)CNC2)N1CCC(Cc2ccccc2)CC1. The van der Waals surface area contributed by atoms with Gasteiger partial charge in [0.1, 0.15) is 0 Å². The number of carbonyl (C=O) groups excluding carboxylic acids is 1. The molecule has 0 bridgehead atoms. The fraction of sp³-hybridized carbons (Fsp3) is 0.381. The number of likely N-dealkylation sites (tertiary alicyclic amines) is 1. The summed E-state index contributed by atoms with van der Waals surface area (Å²) >= 11 is 0. The molecule has 4 heteroatoms. The number of carbonyl (C=O) groups is 1. The van der Waals surface area contributed by atoms with Crippen molar-refractivity contribution in [3.05, 3.63) is 70.8 Å². The molecule has 2 aliphatic rings. The molecular weight excluding hydrogens is 332 g/mol. The first-order valence-corrected chi connectivity index (χ1v) is 8.95. The second-order valence-electron chi connectivity index (χ2n) is 7.01. The van der Waals surface area contributed by atoms with Gasteiger partial charge in [-0.15, -0.1) is 12.4 Å². The van der Waals surface area contributed by atoms with Crippen LogP contribution in [0.3, 0.4) is 0 Å². The Morgan fingerprint density at radius 1 is 1.00 bits per heavy atom. The van der Waals surface area contributed by atoms with Crippen LogP contribution in [0.25, 0.3) is 0 Å². The molecule has 0 aliphatic carbocycles. The predicted octanol–water partition coefficient (Wildman–Crippen LogP) is 3.81. The van der Waals surface area contributed by atoms with Crippen LogP contribution in [0, 0.1) is 5.92 Å². The van der Waals surface area contributed by atoms with E-state index in [9.17, 15) is 4.79 Å². The fourth-order valence-corrected chi connectivity index (χ4v) is 3.90. The molecule has 2 aromatic carbocycles. The van der Waals surface area contributed by atoms with Gasteiger partial charge in [-0.3, -0.25) is 4.79 Å². The van der Waals surface area contributed by atoms with Gasteiger partial charge in [0.25, 0.3) is 5.91 Å². The molecule has 4 rings (SSSR count). The zero-order chi connectivity index (χ0) is 16.4. The van der Waals surface area contributed by atoms with E-state index in [1.54, 1.807) is 0 Å². The maximum absolute atomic E-state index is 12.8. The Kier molecular flexibility index (Phi) is 5.77. The number of fused-ring (bicyclic) bond motifs is 1. The highest BCUT2D eigenvalue weighted by Crippen LogP contribution is 2.24. The number of nitrogens with one attached hydrogen (secondary N) is 1. The summed E-state index contributed by atoms with van der Waals surface area (Å²) in [5, 5.41) is 3.34. The maximum Gasteiger partial charge on any atom is 0.253 e. The maximum atomic E-state index is 12.8. The molecule has 2 aliphatic heterocycles. The average Bonchev–Trinajstić information content (AvgIpc) is 3.10. The zero-order valence-electron chi connectivity index (χ0n) is 14.4. The summed E-state index contributed by atoms with van der Waals surface area (Å²) in [7, 11) is 0. The summed E-state index contributed by atoms with van der Waals surface area (Å²) in [5.74, 6) is 0.892. The lowest BCUT2D eigenvalue weighted by molar-refractivity contribution is 0.0690. The normalized spacial score (nSPS) is 17.0. The highest BCUT2D eigenvalue weighted by atomic mass is 35.5. The van der Waals surface area contributed by atoms with Crippen molar-refractivity contribution in [1.82, 2.24) is 10.2 Å². The van der Waals surface area contributed by atoms with Crippen molar-refractivity contribution in [2.45, 2.75) is 32.4 Å². The first kappa shape index (κ1) is 18.0. The van der Waals surface area contributed by atoms with Crippen molar-refractivity contribution in [2.24, 2.45) is 5.92 Å². The van der Waals surface area contributed by atoms with E-state index in [-0.39, 0.29) is 18.3 Å². The van der Waals surface area contributed by atoms with E-state index < -0.39 is 0 Å². The first-order chi connectivity index (χ1) is 11.8. The predicted molar refractivity (Wildman–Crippen MR) is 103 cm³/mol. The topological polar surface area (TPSA) is 32.3 Å². The molecule has 0 atom stereocenters. The molecule has 0 radical (unpaired) electrons. The Morgan fingerprint density at radius 2 is 1.72 bits per heavy atom. The van der Waals surface area contributed by atoms with Gasteiger partial charge in [-0.1, -0.05) is 36.4 Å². The van der Waals surface area contributed by atoms with E-state index in [1.807, 2.05) is 11.0 Å². The molecule has 1 amide bonds. The number of hydrogen-bond donors (Lipinski definition) is 1. The molecule has 132 valence electrons. The van der Waals surface area contributed by atoms with Gasteiger partial charge in [0.05, 0.1) is 0 Å². The number of halogens is 1. The molecule has 1 saturated heterocycles. The van der Waals surface area contributed by atoms with Gasteiger partial charge in [-0.25, -0.2) is 0 Å². The van der Waals surface area contributed by atoms with Gasteiger partial charge in [-0.05, 0) is 54.0 Å². The van der Waals surface area contributed by atoms with Gasteiger partial charge in [0, 0.05) is 31.7 Å². The monoisotopic (exact) mass is 356 g/mol. The standard InChI is InChI=1S/C21H24N2O.ClH/c24-21(18-6-7-19-14-22-15-20(19)13-18)23-10-8-17(9-11-23)12-16-4-2-1-3-5-16;/h1-7,13,17,22H,8-12,14-15H2;1H. The molecule has 2 heterocycles. The molecular formula is C21H25ClN2O. The second kappa shape index (κ2) is 8.03. The van der Waals surface area contributed by atoms with Crippen LogP contribution in [0.2, 0.25) is 0 Å². The minimum absolute atomic E-state index is 0. The molecule has 1 fully saturated rings. The third-order valence-corrected chi connectivity index (χ3v) is 5.35. The second-order valence-corrected chi connectivity index (χ2v) is 7.01. The van der Waals surface area contributed by atoms with Crippen LogP contribution < -0.4 is 5.32 Å². The summed E-state index contributed by atoms with van der Waals surface area (Å²) in [6.45, 7) is 3.57. The van der Waals surface area contributed by atoms with Crippen molar-refractivity contribution < 1.29 is 4.79 Å². The van der Waals surface area contributed by atoms with E-state index in [0.717, 1.165) is 51.0 Å². The number of nitrogens with zero attached hydrogens (tertiary/aromatic N) is 1. The van der Waals surface area contributed by atoms with E-state index in [4.69, 9.17) is 0 Å². The van der Waals surface area contributed by atoms with Gasteiger partial charge in [0.15, 0.2) is 0 Å². The van der Waals surface area contributed by atoms with E-state index in [0.29, 0.717) is 5.92 Å². The Bertz CT molecular complexity index is 724. The molecule has 2 aromatic rings. The quantitative estimate of drug-likeness (QED) is 0.907. The number of piperidine rings is 1. The van der Waals surface area contributed by atoms with Crippen molar-refractivity contribution in [3.8, 4) is 0 Å². The van der Waals surface area contributed by atoms with Gasteiger partial charge in [-0.2, -0.15) is 0 Å². The number of benzene rings is 2. The van der Waals surface area contributed by atoms with Crippen molar-refractivity contribution in [1.29, 1.82) is 0 Å². The Labute approximate surface area is 155 Å². The average molecular weight is 357 g/mol. The molecule has 3 nitrogen and oxygen atoms in total. The van der Waals surface area contributed by atoms with Gasteiger partial charge >= 0.3 is 0 Å². The summed E-state index contributed by atoms with van der Waals surface area (Å²) < 4.78 is 0. The van der Waals surface area contributed by atoms with E-state index in [1.165, 1.54) is 16.7 Å². The zero-order valence-corrected chi connectivity index (χ0v) is 15.2. The van der Waals surface area contributed by atoms with E-state index >= 15 is 0 Å². The summed E-state index contributed by atoms with van der Waals surface area (Å²) in [6.07, 6.45) is 3.34. The van der Waals surface area contributed by atoms with Crippen LogP contribution in [0.1, 0.15) is 39.9 Å². The lowest BCUT2D eigenvalue weighted by Gasteiger charge is -2.32. The van der Waals surface area contributed by atoms with Crippen LogP contribution in [0.15, 0.2) is 48.5 Å². The third-order valence-electron chi connectivity index (χ3n) is 5.35. The highest BCUT2D eigenvalue weighted by molar-refractivity contribution is 5.94. The van der Waals surface area contributed by atoms with Crippen LogP contribution in [0.4, 0.5) is 0 Å². The Morgan fingerprint density at radius 3 is 2.48 bits per heavy atom. The third kappa shape index (κ3) is 4.05. The minimum Gasteiger partial charge on any atom is -0.339 e. The molecule has 0 spiro atoms. The highest BCUT2D eigenvalue weighted by Gasteiger charge is 2.24. The lowest BCUT2D eigenvalue weighted by atomic mass is 9.90. The largest absolute Gasteiger partial charge is 0.339 e. The molecule has 0 aromatic heterocycles.